The second-order valence-corrected chi connectivity index (χ2v) is 4.51. The molecular formula is C16H16ClNO3. The van der Waals surface area contributed by atoms with Crippen LogP contribution in [0.4, 0.5) is 0 Å². The second kappa shape index (κ2) is 8.07. The van der Waals surface area contributed by atoms with Gasteiger partial charge in [-0.1, -0.05) is 42.5 Å². The van der Waals surface area contributed by atoms with Gasteiger partial charge in [0, 0.05) is 11.8 Å². The molecule has 0 saturated carbocycles. The maximum Gasteiger partial charge on any atom is 0.307 e. The van der Waals surface area contributed by atoms with Crippen LogP contribution in [-0.2, 0) is 4.79 Å². The molecule has 21 heavy (non-hydrogen) atoms. The summed E-state index contributed by atoms with van der Waals surface area (Å²) in [6.07, 6.45) is 5.61. The molecule has 0 amide bonds. The van der Waals surface area contributed by atoms with E-state index in [4.69, 9.17) is 26.9 Å². The van der Waals surface area contributed by atoms with Crippen molar-refractivity contribution in [1.82, 2.24) is 0 Å². The van der Waals surface area contributed by atoms with E-state index in [0.717, 1.165) is 6.21 Å². The summed E-state index contributed by atoms with van der Waals surface area (Å²) in [6.45, 7) is 3.73. The normalized spacial score (nSPS) is 11.9. The van der Waals surface area contributed by atoms with E-state index < -0.39 is 5.97 Å². The monoisotopic (exact) mass is 305 g/mol. The molecule has 0 saturated heterocycles. The van der Waals surface area contributed by atoms with Gasteiger partial charge in [-0.15, -0.1) is 0 Å². The summed E-state index contributed by atoms with van der Waals surface area (Å²) < 4.78 is 5.27. The Kier molecular flexibility index (Phi) is 6.43. The van der Waals surface area contributed by atoms with Crippen molar-refractivity contribution in [2.45, 2.75) is 6.42 Å². The first-order valence-corrected chi connectivity index (χ1v) is 6.49. The van der Waals surface area contributed by atoms with Crippen molar-refractivity contribution in [1.29, 1.82) is 5.41 Å². The number of halogens is 1. The smallest absolute Gasteiger partial charge is 0.307 e. The second-order valence-electron chi connectivity index (χ2n) is 4.10. The Morgan fingerprint density at radius 2 is 2.19 bits per heavy atom. The molecule has 0 aliphatic rings. The number of nitrogens with one attached hydrogen (secondary N) is 1. The zero-order chi connectivity index (χ0) is 15.8. The third-order valence-electron chi connectivity index (χ3n) is 2.72. The average Bonchev–Trinajstić information content (AvgIpc) is 2.47. The molecule has 1 rings (SSSR count). The summed E-state index contributed by atoms with van der Waals surface area (Å²) >= 11 is 6.19. The number of hydrogen-bond acceptors (Lipinski definition) is 3. The highest BCUT2D eigenvalue weighted by molar-refractivity contribution is 6.32. The number of carboxylic acid groups (broad SMARTS) is 1. The van der Waals surface area contributed by atoms with E-state index in [9.17, 15) is 4.79 Å². The van der Waals surface area contributed by atoms with Crippen LogP contribution in [-0.4, -0.2) is 24.4 Å². The first-order chi connectivity index (χ1) is 10.0. The fourth-order valence-corrected chi connectivity index (χ4v) is 2.01. The Hall–Kier alpha value is -2.33. The Bertz CT molecular complexity index is 618. The molecule has 0 aliphatic carbocycles. The number of benzene rings is 1. The minimum atomic E-state index is -0.992. The van der Waals surface area contributed by atoms with Gasteiger partial charge in [0.05, 0.1) is 18.6 Å². The van der Waals surface area contributed by atoms with Crippen molar-refractivity contribution >= 4 is 29.4 Å². The summed E-state index contributed by atoms with van der Waals surface area (Å²) in [5.41, 5.74) is 1.72. The van der Waals surface area contributed by atoms with Gasteiger partial charge in [0.1, 0.15) is 5.75 Å². The maximum atomic E-state index is 10.7. The van der Waals surface area contributed by atoms with Crippen LogP contribution >= 0.6 is 11.6 Å². The van der Waals surface area contributed by atoms with Gasteiger partial charge in [-0.2, -0.15) is 0 Å². The highest BCUT2D eigenvalue weighted by atomic mass is 35.5. The van der Waals surface area contributed by atoms with Crippen molar-refractivity contribution in [3.05, 3.63) is 59.2 Å². The van der Waals surface area contributed by atoms with Crippen LogP contribution in [0.25, 0.3) is 5.57 Å². The van der Waals surface area contributed by atoms with E-state index in [1.807, 2.05) is 0 Å². The lowest BCUT2D eigenvalue weighted by Crippen LogP contribution is -1.97. The topological polar surface area (TPSA) is 70.4 Å². The van der Waals surface area contributed by atoms with Crippen molar-refractivity contribution in [3.8, 4) is 5.75 Å². The molecule has 5 heteroatoms. The zero-order valence-electron chi connectivity index (χ0n) is 11.6. The predicted octanol–water partition coefficient (Wildman–Crippen LogP) is 3.97. The van der Waals surface area contributed by atoms with Crippen molar-refractivity contribution < 1.29 is 14.6 Å². The quantitative estimate of drug-likeness (QED) is 0.591. The Morgan fingerprint density at radius 3 is 2.71 bits per heavy atom. The number of carbonyl (C=O) groups is 1. The largest absolute Gasteiger partial charge is 0.496 e. The molecule has 0 atom stereocenters. The van der Waals surface area contributed by atoms with Crippen LogP contribution < -0.4 is 4.74 Å². The molecular weight excluding hydrogens is 290 g/mol. The molecule has 0 bridgehead atoms. The van der Waals surface area contributed by atoms with Crippen LogP contribution in [0.2, 0.25) is 5.02 Å². The van der Waals surface area contributed by atoms with Gasteiger partial charge < -0.3 is 15.3 Å². The van der Waals surface area contributed by atoms with Crippen LogP contribution in [0.3, 0.4) is 0 Å². The minimum Gasteiger partial charge on any atom is -0.496 e. The first kappa shape index (κ1) is 16.7. The Labute approximate surface area is 128 Å². The summed E-state index contributed by atoms with van der Waals surface area (Å²) in [5.74, 6) is -0.398. The highest BCUT2D eigenvalue weighted by Gasteiger charge is 2.10. The van der Waals surface area contributed by atoms with Crippen molar-refractivity contribution in [2.75, 3.05) is 7.11 Å². The van der Waals surface area contributed by atoms with E-state index in [1.54, 1.807) is 43.5 Å². The van der Waals surface area contributed by atoms with Crippen LogP contribution in [0.15, 0.2) is 48.6 Å². The van der Waals surface area contributed by atoms with Gasteiger partial charge in [-0.05, 0) is 23.3 Å². The molecule has 0 aliphatic heterocycles. The molecule has 0 spiro atoms. The number of allylic oxidation sites excluding steroid dienone is 4. The van der Waals surface area contributed by atoms with Crippen LogP contribution in [0, 0.1) is 5.41 Å². The van der Waals surface area contributed by atoms with Gasteiger partial charge in [0.25, 0.3) is 0 Å². The van der Waals surface area contributed by atoms with Crippen LogP contribution in [0.1, 0.15) is 12.0 Å². The Morgan fingerprint density at radius 1 is 1.48 bits per heavy atom. The number of carboxylic acids is 1. The minimum absolute atomic E-state index is 0.218. The Balaban J connectivity index is 3.28. The molecule has 0 radical (unpaired) electrons. The van der Waals surface area contributed by atoms with Crippen molar-refractivity contribution in [3.63, 3.8) is 0 Å². The predicted molar refractivity (Wildman–Crippen MR) is 85.3 cm³/mol. The van der Waals surface area contributed by atoms with E-state index >= 15 is 0 Å². The average molecular weight is 306 g/mol. The summed E-state index contributed by atoms with van der Waals surface area (Å²) in [7, 11) is 1.54. The van der Waals surface area contributed by atoms with E-state index in [-0.39, 0.29) is 6.42 Å². The van der Waals surface area contributed by atoms with E-state index in [1.165, 1.54) is 0 Å². The molecule has 1 aromatic carbocycles. The fraction of sp³-hybridized carbons (Fsp3) is 0.125. The third-order valence-corrected chi connectivity index (χ3v) is 3.04. The van der Waals surface area contributed by atoms with E-state index in [2.05, 4.69) is 6.58 Å². The van der Waals surface area contributed by atoms with Gasteiger partial charge in [-0.25, -0.2) is 0 Å². The van der Waals surface area contributed by atoms with Gasteiger partial charge in [0.2, 0.25) is 0 Å². The number of methoxy groups -OCH3 is 1. The molecule has 0 unspecified atom stereocenters. The lowest BCUT2D eigenvalue weighted by atomic mass is 10.0. The van der Waals surface area contributed by atoms with Crippen LogP contribution in [0.5, 0.6) is 5.75 Å². The highest BCUT2D eigenvalue weighted by Crippen LogP contribution is 2.33. The summed E-state index contributed by atoms with van der Waals surface area (Å²) in [4.78, 5) is 10.7. The number of aliphatic carboxylic acids is 1. The number of rotatable bonds is 7. The summed E-state index contributed by atoms with van der Waals surface area (Å²) in [6, 6.07) is 5.28. The van der Waals surface area contributed by atoms with Gasteiger partial charge >= 0.3 is 5.97 Å². The standard InChI is InChI=1S/C16H16ClNO3/c1-3-12(8-7-11(10-18)9-15(19)20)16-13(17)5-4-6-14(16)21-2/h3-8,10,18H,1,9H2,2H3,(H,19,20)/b11-7?,12-8+,18-10?. The van der Waals surface area contributed by atoms with Gasteiger partial charge in [-0.3, -0.25) is 4.79 Å². The molecule has 0 heterocycles. The number of ether oxygens (including phenoxy) is 1. The lowest BCUT2D eigenvalue weighted by molar-refractivity contribution is -0.136. The SMILES string of the molecule is C=C/C(=C\C=C(C=N)CC(=O)O)c1c(Cl)cccc1OC. The molecule has 4 nitrogen and oxygen atoms in total. The summed E-state index contributed by atoms with van der Waals surface area (Å²) in [5, 5.41) is 16.5. The number of hydrogen-bond donors (Lipinski definition) is 2. The fourth-order valence-electron chi connectivity index (χ4n) is 1.74. The maximum absolute atomic E-state index is 10.7. The van der Waals surface area contributed by atoms with Gasteiger partial charge in [0.15, 0.2) is 0 Å². The zero-order valence-corrected chi connectivity index (χ0v) is 12.4. The molecule has 2 N–H and O–H groups in total. The molecule has 110 valence electrons. The van der Waals surface area contributed by atoms with Crippen molar-refractivity contribution in [2.24, 2.45) is 0 Å². The first-order valence-electron chi connectivity index (χ1n) is 6.12. The third kappa shape index (κ3) is 4.61. The molecule has 1 aromatic rings. The molecule has 0 aromatic heterocycles. The lowest BCUT2D eigenvalue weighted by Gasteiger charge is -2.10. The van der Waals surface area contributed by atoms with E-state index in [0.29, 0.717) is 27.5 Å². The molecule has 0 fully saturated rings.